The Morgan fingerprint density at radius 2 is 2.00 bits per heavy atom. The first kappa shape index (κ1) is 20.3. The average molecular weight is 360 g/mol. The van der Waals surface area contributed by atoms with Gasteiger partial charge in [-0.3, -0.25) is 4.68 Å². The van der Waals surface area contributed by atoms with E-state index in [-0.39, 0.29) is 0 Å². The van der Waals surface area contributed by atoms with Crippen LogP contribution in [0.5, 0.6) is 0 Å². The van der Waals surface area contributed by atoms with Gasteiger partial charge in [0, 0.05) is 18.3 Å². The minimum Gasteiger partial charge on any atom is -0.475 e. The first-order valence-electron chi connectivity index (χ1n) is 6.87. The summed E-state index contributed by atoms with van der Waals surface area (Å²) in [5.41, 5.74) is 8.69. The van der Waals surface area contributed by atoms with E-state index in [0.717, 1.165) is 16.7 Å². The normalized spacial score (nSPS) is 10.8. The second kappa shape index (κ2) is 8.38. The van der Waals surface area contributed by atoms with Crippen LogP contribution in [-0.4, -0.2) is 32.0 Å². The summed E-state index contributed by atoms with van der Waals surface area (Å²) < 4.78 is 46.6. The predicted molar refractivity (Wildman–Crippen MR) is 81.8 cm³/mol. The Hall–Kier alpha value is -2.75. The lowest BCUT2D eigenvalue weighted by Gasteiger charge is -2.08. The Bertz CT molecular complexity index is 756. The van der Waals surface area contributed by atoms with Crippen molar-refractivity contribution in [1.29, 1.82) is 0 Å². The number of pyridine rings is 1. The SMILES string of the molecule is C=C(C)c1nc(F)ccc1Cn1cc(CN)cn1.O=C(O)C(F)(F)F. The van der Waals surface area contributed by atoms with E-state index in [0.29, 0.717) is 18.8 Å². The number of nitrogens with zero attached hydrogens (tertiary/aromatic N) is 3. The number of carboxylic acids is 1. The topological polar surface area (TPSA) is 94.0 Å². The molecule has 0 aliphatic heterocycles. The predicted octanol–water partition coefficient (Wildman–Crippen LogP) is 2.59. The summed E-state index contributed by atoms with van der Waals surface area (Å²) in [7, 11) is 0. The Morgan fingerprint density at radius 3 is 2.44 bits per heavy atom. The van der Waals surface area contributed by atoms with E-state index in [1.54, 1.807) is 23.9 Å². The largest absolute Gasteiger partial charge is 0.490 e. The third kappa shape index (κ3) is 6.34. The van der Waals surface area contributed by atoms with Gasteiger partial charge in [0.1, 0.15) is 0 Å². The molecule has 10 heteroatoms. The van der Waals surface area contributed by atoms with Crippen LogP contribution in [0.15, 0.2) is 31.1 Å². The molecule has 0 amide bonds. The third-order valence-electron chi connectivity index (χ3n) is 2.85. The van der Waals surface area contributed by atoms with Crippen molar-refractivity contribution in [3.05, 3.63) is 53.9 Å². The Kier molecular flexibility index (Phi) is 6.80. The average Bonchev–Trinajstić information content (AvgIpc) is 2.96. The number of allylic oxidation sites excluding steroid dienone is 1. The number of hydrogen-bond acceptors (Lipinski definition) is 4. The van der Waals surface area contributed by atoms with E-state index in [1.807, 2.05) is 6.20 Å². The van der Waals surface area contributed by atoms with Gasteiger partial charge in [-0.15, -0.1) is 0 Å². The molecule has 0 radical (unpaired) electrons. The quantitative estimate of drug-likeness (QED) is 0.646. The van der Waals surface area contributed by atoms with Gasteiger partial charge in [0.25, 0.3) is 0 Å². The number of halogens is 4. The molecule has 2 heterocycles. The number of nitrogens with two attached hydrogens (primary N) is 1. The molecule has 2 aromatic heterocycles. The van der Waals surface area contributed by atoms with Crippen LogP contribution in [0.3, 0.4) is 0 Å². The molecule has 2 rings (SSSR count). The van der Waals surface area contributed by atoms with Crippen molar-refractivity contribution in [3.8, 4) is 0 Å². The van der Waals surface area contributed by atoms with Crippen LogP contribution in [0.1, 0.15) is 23.7 Å². The lowest BCUT2D eigenvalue weighted by Crippen LogP contribution is -2.21. The monoisotopic (exact) mass is 360 g/mol. The van der Waals surface area contributed by atoms with E-state index < -0.39 is 18.1 Å². The van der Waals surface area contributed by atoms with Gasteiger partial charge < -0.3 is 10.8 Å². The van der Waals surface area contributed by atoms with Gasteiger partial charge in [-0.1, -0.05) is 12.6 Å². The molecule has 0 aromatic carbocycles. The van der Waals surface area contributed by atoms with Crippen molar-refractivity contribution >= 4 is 11.5 Å². The highest BCUT2D eigenvalue weighted by Crippen LogP contribution is 2.16. The van der Waals surface area contributed by atoms with Gasteiger partial charge in [0.15, 0.2) is 0 Å². The van der Waals surface area contributed by atoms with Crippen LogP contribution >= 0.6 is 0 Å². The maximum absolute atomic E-state index is 13.1. The summed E-state index contributed by atoms with van der Waals surface area (Å²) in [5, 5.41) is 11.3. The van der Waals surface area contributed by atoms with E-state index in [9.17, 15) is 17.6 Å². The van der Waals surface area contributed by atoms with Crippen LogP contribution in [0.4, 0.5) is 17.6 Å². The van der Waals surface area contributed by atoms with Crippen molar-refractivity contribution < 1.29 is 27.5 Å². The maximum atomic E-state index is 13.1. The molecular formula is C15H16F4N4O2. The summed E-state index contributed by atoms with van der Waals surface area (Å²) in [5.74, 6) is -3.26. The number of alkyl halides is 3. The molecule has 0 fully saturated rings. The Labute approximate surface area is 140 Å². The highest BCUT2D eigenvalue weighted by molar-refractivity contribution is 5.73. The molecular weight excluding hydrogens is 344 g/mol. The zero-order valence-electron chi connectivity index (χ0n) is 13.2. The van der Waals surface area contributed by atoms with Crippen LogP contribution in [0.25, 0.3) is 5.57 Å². The van der Waals surface area contributed by atoms with Crippen molar-refractivity contribution in [2.45, 2.75) is 26.2 Å². The van der Waals surface area contributed by atoms with Crippen LogP contribution in [-0.2, 0) is 17.9 Å². The van der Waals surface area contributed by atoms with Crippen LogP contribution in [0.2, 0.25) is 0 Å². The fourth-order valence-electron chi connectivity index (χ4n) is 1.73. The molecule has 0 saturated heterocycles. The van der Waals surface area contributed by atoms with Crippen molar-refractivity contribution in [2.24, 2.45) is 5.73 Å². The first-order chi connectivity index (χ1) is 11.5. The number of carboxylic acid groups (broad SMARTS) is 1. The Morgan fingerprint density at radius 1 is 1.40 bits per heavy atom. The molecule has 0 atom stereocenters. The van der Waals surface area contributed by atoms with E-state index in [4.69, 9.17) is 15.6 Å². The van der Waals surface area contributed by atoms with Crippen molar-refractivity contribution in [1.82, 2.24) is 14.8 Å². The van der Waals surface area contributed by atoms with Gasteiger partial charge in [-0.05, 0) is 24.1 Å². The van der Waals surface area contributed by atoms with Gasteiger partial charge in [0.2, 0.25) is 5.95 Å². The molecule has 0 unspecified atom stereocenters. The second-order valence-corrected chi connectivity index (χ2v) is 4.98. The molecule has 3 N–H and O–H groups in total. The molecule has 6 nitrogen and oxygen atoms in total. The lowest BCUT2D eigenvalue weighted by atomic mass is 10.1. The standard InChI is InChI=1S/C13H15FN4.C2HF3O2/c1-9(2)13-11(3-4-12(14)17-13)8-18-7-10(5-15)6-16-18;3-2(4,5)1(6)7/h3-4,6-7H,1,5,8,15H2,2H3;(H,6,7). The third-order valence-corrected chi connectivity index (χ3v) is 2.85. The van der Waals surface area contributed by atoms with E-state index in [1.165, 1.54) is 6.07 Å². The summed E-state index contributed by atoms with van der Waals surface area (Å²) in [4.78, 5) is 12.8. The zero-order valence-corrected chi connectivity index (χ0v) is 13.2. The summed E-state index contributed by atoms with van der Waals surface area (Å²) in [6.07, 6.45) is -1.50. The number of rotatable bonds is 4. The number of aliphatic carboxylic acids is 1. The van der Waals surface area contributed by atoms with E-state index >= 15 is 0 Å². The number of carbonyl (C=O) groups is 1. The minimum atomic E-state index is -5.08. The first-order valence-corrected chi connectivity index (χ1v) is 6.87. The Balaban J connectivity index is 0.000000381. The minimum absolute atomic E-state index is 0.453. The van der Waals surface area contributed by atoms with Gasteiger partial charge >= 0.3 is 12.1 Å². The molecule has 25 heavy (non-hydrogen) atoms. The fraction of sp³-hybridized carbons (Fsp3) is 0.267. The summed E-state index contributed by atoms with van der Waals surface area (Å²) >= 11 is 0. The van der Waals surface area contributed by atoms with Gasteiger partial charge in [-0.2, -0.15) is 22.7 Å². The smallest absolute Gasteiger partial charge is 0.475 e. The van der Waals surface area contributed by atoms with Gasteiger partial charge in [-0.25, -0.2) is 9.78 Å². The van der Waals surface area contributed by atoms with E-state index in [2.05, 4.69) is 16.7 Å². The van der Waals surface area contributed by atoms with Crippen molar-refractivity contribution in [3.63, 3.8) is 0 Å². The molecule has 136 valence electrons. The maximum Gasteiger partial charge on any atom is 0.490 e. The zero-order chi connectivity index (χ0) is 19.2. The number of hydrogen-bond donors (Lipinski definition) is 2. The molecule has 0 saturated carbocycles. The second-order valence-electron chi connectivity index (χ2n) is 4.98. The van der Waals surface area contributed by atoms with Crippen molar-refractivity contribution in [2.75, 3.05) is 0 Å². The highest BCUT2D eigenvalue weighted by atomic mass is 19.4. The molecule has 2 aromatic rings. The molecule has 0 spiro atoms. The highest BCUT2D eigenvalue weighted by Gasteiger charge is 2.38. The molecule has 0 aliphatic rings. The molecule has 0 bridgehead atoms. The summed E-state index contributed by atoms with van der Waals surface area (Å²) in [6.45, 7) is 6.59. The lowest BCUT2D eigenvalue weighted by molar-refractivity contribution is -0.192. The number of aromatic nitrogens is 3. The summed E-state index contributed by atoms with van der Waals surface area (Å²) in [6, 6.07) is 3.05. The van der Waals surface area contributed by atoms with Gasteiger partial charge in [0.05, 0.1) is 18.4 Å². The van der Waals surface area contributed by atoms with Crippen LogP contribution < -0.4 is 5.73 Å². The molecule has 0 aliphatic carbocycles. The van der Waals surface area contributed by atoms with Crippen LogP contribution in [0, 0.1) is 5.95 Å². The fourth-order valence-corrected chi connectivity index (χ4v) is 1.73.